The van der Waals surface area contributed by atoms with E-state index < -0.39 is 41.9 Å². The molecule has 1 fully saturated rings. The number of nitrogens with one attached hydrogen (secondary N) is 1. The first kappa shape index (κ1) is 19.2. The number of rotatable bonds is 4. The zero-order valence-corrected chi connectivity index (χ0v) is 13.4. The van der Waals surface area contributed by atoms with Crippen molar-refractivity contribution in [1.29, 1.82) is 0 Å². The Morgan fingerprint density at radius 2 is 1.88 bits per heavy atom. The average molecular weight is 362 g/mol. The number of carboxylic acid groups (broad SMARTS) is 1. The van der Waals surface area contributed by atoms with Crippen LogP contribution >= 0.6 is 0 Å². The Kier molecular flexibility index (Phi) is 5.66. The lowest BCUT2D eigenvalue weighted by Crippen LogP contribution is -2.56. The van der Waals surface area contributed by atoms with E-state index >= 15 is 0 Å². The molecule has 9 heteroatoms. The number of benzene rings is 1. The normalized spacial score (nSPS) is 23.1. The quantitative estimate of drug-likeness (QED) is 0.806. The summed E-state index contributed by atoms with van der Waals surface area (Å²) in [6.45, 7) is 1.73. The molecular formula is C16H18F4N2O3. The monoisotopic (exact) mass is 362 g/mol. The molecule has 0 bridgehead atoms. The van der Waals surface area contributed by atoms with Crippen molar-refractivity contribution in [2.24, 2.45) is 0 Å². The standard InChI is InChI=1S/C16H18F4N2O3/c1-9(14(23)24)22-7-6-12(10-2-4-11(17)5-3-10)13(8-22)21-15(25)16(18,19)20/h2-5,9,12-13H,6-8H2,1H3,(H,21,25)(H,23,24). The van der Waals surface area contributed by atoms with Gasteiger partial charge in [0.15, 0.2) is 0 Å². The van der Waals surface area contributed by atoms with Gasteiger partial charge in [0, 0.05) is 18.5 Å². The highest BCUT2D eigenvalue weighted by molar-refractivity contribution is 5.82. The first-order chi connectivity index (χ1) is 11.6. The molecule has 5 nitrogen and oxygen atoms in total. The van der Waals surface area contributed by atoms with Crippen LogP contribution in [0.3, 0.4) is 0 Å². The van der Waals surface area contributed by atoms with E-state index in [0.717, 1.165) is 0 Å². The first-order valence-electron chi connectivity index (χ1n) is 7.69. The van der Waals surface area contributed by atoms with Crippen LogP contribution in [-0.2, 0) is 9.59 Å². The van der Waals surface area contributed by atoms with Crippen molar-refractivity contribution < 1.29 is 32.3 Å². The van der Waals surface area contributed by atoms with Crippen LogP contribution in [0.1, 0.15) is 24.8 Å². The lowest BCUT2D eigenvalue weighted by Gasteiger charge is -2.40. The van der Waals surface area contributed by atoms with Gasteiger partial charge in [-0.3, -0.25) is 14.5 Å². The fourth-order valence-corrected chi connectivity index (χ4v) is 2.99. The van der Waals surface area contributed by atoms with Crippen molar-refractivity contribution in [3.8, 4) is 0 Å². The molecule has 0 saturated carbocycles. The highest BCUT2D eigenvalue weighted by Crippen LogP contribution is 2.30. The second kappa shape index (κ2) is 7.38. The minimum absolute atomic E-state index is 0.0443. The van der Waals surface area contributed by atoms with E-state index in [1.807, 2.05) is 5.32 Å². The van der Waals surface area contributed by atoms with Crippen LogP contribution in [0.25, 0.3) is 0 Å². The fourth-order valence-electron chi connectivity index (χ4n) is 2.99. The maximum atomic E-state index is 13.1. The smallest absolute Gasteiger partial charge is 0.471 e. The summed E-state index contributed by atoms with van der Waals surface area (Å²) < 4.78 is 50.9. The molecule has 1 aliphatic heterocycles. The molecule has 2 N–H and O–H groups in total. The number of alkyl halides is 3. The van der Waals surface area contributed by atoms with Gasteiger partial charge < -0.3 is 10.4 Å². The SMILES string of the molecule is CC(C(=O)O)N1CCC(c2ccc(F)cc2)C(NC(=O)C(F)(F)F)C1. The number of piperidine rings is 1. The highest BCUT2D eigenvalue weighted by Gasteiger charge is 2.43. The van der Waals surface area contributed by atoms with E-state index in [4.69, 9.17) is 5.11 Å². The molecule has 3 atom stereocenters. The molecule has 1 heterocycles. The Labute approximate surface area is 141 Å². The zero-order valence-electron chi connectivity index (χ0n) is 13.4. The second-order valence-corrected chi connectivity index (χ2v) is 6.03. The molecule has 1 aromatic rings. The minimum Gasteiger partial charge on any atom is -0.480 e. The first-order valence-corrected chi connectivity index (χ1v) is 7.69. The summed E-state index contributed by atoms with van der Waals surface area (Å²) in [5.41, 5.74) is 0.594. The van der Waals surface area contributed by atoms with Gasteiger partial charge in [-0.05, 0) is 37.6 Å². The van der Waals surface area contributed by atoms with Gasteiger partial charge in [-0.2, -0.15) is 13.2 Å². The summed E-state index contributed by atoms with van der Waals surface area (Å²) in [6.07, 6.45) is -4.69. The summed E-state index contributed by atoms with van der Waals surface area (Å²) >= 11 is 0. The lowest BCUT2D eigenvalue weighted by atomic mass is 9.84. The van der Waals surface area contributed by atoms with Crippen LogP contribution in [0.15, 0.2) is 24.3 Å². The van der Waals surface area contributed by atoms with E-state index in [1.54, 1.807) is 0 Å². The van der Waals surface area contributed by atoms with E-state index in [-0.39, 0.29) is 6.54 Å². The van der Waals surface area contributed by atoms with Gasteiger partial charge in [0.25, 0.3) is 0 Å². The molecule has 1 amide bonds. The molecule has 0 aliphatic carbocycles. The molecule has 0 spiro atoms. The van der Waals surface area contributed by atoms with E-state index in [2.05, 4.69) is 0 Å². The van der Waals surface area contributed by atoms with Crippen molar-refractivity contribution in [1.82, 2.24) is 10.2 Å². The Balaban J connectivity index is 2.23. The lowest BCUT2D eigenvalue weighted by molar-refractivity contribution is -0.175. The summed E-state index contributed by atoms with van der Waals surface area (Å²) in [5.74, 6) is -4.11. The predicted octanol–water partition coefficient (Wildman–Crippen LogP) is 2.14. The number of hydrogen-bond donors (Lipinski definition) is 2. The summed E-state index contributed by atoms with van der Waals surface area (Å²) in [6, 6.07) is 3.50. The van der Waals surface area contributed by atoms with Gasteiger partial charge in [-0.1, -0.05) is 12.1 Å². The molecule has 25 heavy (non-hydrogen) atoms. The average Bonchev–Trinajstić information content (AvgIpc) is 2.54. The second-order valence-electron chi connectivity index (χ2n) is 6.03. The third-order valence-electron chi connectivity index (χ3n) is 4.42. The molecular weight excluding hydrogens is 344 g/mol. The predicted molar refractivity (Wildman–Crippen MR) is 80.4 cm³/mol. The molecule has 1 saturated heterocycles. The molecule has 138 valence electrons. The molecule has 0 radical (unpaired) electrons. The topological polar surface area (TPSA) is 69.6 Å². The van der Waals surface area contributed by atoms with Gasteiger partial charge >= 0.3 is 18.1 Å². The molecule has 0 aromatic heterocycles. The van der Waals surface area contributed by atoms with Crippen molar-refractivity contribution in [3.05, 3.63) is 35.6 Å². The number of carbonyl (C=O) groups excluding carboxylic acids is 1. The number of amides is 1. The Hall–Kier alpha value is -2.16. The number of hydrogen-bond acceptors (Lipinski definition) is 3. The van der Waals surface area contributed by atoms with Crippen LogP contribution in [0.4, 0.5) is 17.6 Å². The third kappa shape index (κ3) is 4.68. The summed E-state index contributed by atoms with van der Waals surface area (Å²) in [4.78, 5) is 24.0. The number of halogens is 4. The van der Waals surface area contributed by atoms with Crippen molar-refractivity contribution in [2.75, 3.05) is 13.1 Å². The van der Waals surface area contributed by atoms with Crippen molar-refractivity contribution in [3.63, 3.8) is 0 Å². The van der Waals surface area contributed by atoms with Crippen LogP contribution in [0, 0.1) is 5.82 Å². The Bertz CT molecular complexity index is 633. The van der Waals surface area contributed by atoms with Crippen LogP contribution in [0.5, 0.6) is 0 Å². The van der Waals surface area contributed by atoms with Crippen molar-refractivity contribution in [2.45, 2.75) is 37.5 Å². The minimum atomic E-state index is -5.03. The maximum Gasteiger partial charge on any atom is 0.471 e. The molecule has 1 aromatic carbocycles. The molecule has 1 aliphatic rings. The van der Waals surface area contributed by atoms with Gasteiger partial charge in [-0.15, -0.1) is 0 Å². The highest BCUT2D eigenvalue weighted by atomic mass is 19.4. The number of nitrogens with zero attached hydrogens (tertiary/aromatic N) is 1. The Morgan fingerprint density at radius 1 is 1.28 bits per heavy atom. The Morgan fingerprint density at radius 3 is 2.40 bits per heavy atom. The van der Waals surface area contributed by atoms with E-state index in [1.165, 1.54) is 36.1 Å². The number of carbonyl (C=O) groups is 2. The van der Waals surface area contributed by atoms with Gasteiger partial charge in [0.2, 0.25) is 0 Å². The number of carboxylic acids is 1. The number of likely N-dealkylation sites (tertiary alicyclic amines) is 1. The molecule has 2 rings (SSSR count). The van der Waals surface area contributed by atoms with Gasteiger partial charge in [0.1, 0.15) is 11.9 Å². The maximum absolute atomic E-state index is 13.1. The van der Waals surface area contributed by atoms with Gasteiger partial charge in [0.05, 0.1) is 0 Å². The van der Waals surface area contributed by atoms with Crippen LogP contribution < -0.4 is 5.32 Å². The van der Waals surface area contributed by atoms with E-state index in [0.29, 0.717) is 18.5 Å². The summed E-state index contributed by atoms with van der Waals surface area (Å²) in [5, 5.41) is 11.0. The van der Waals surface area contributed by atoms with E-state index in [9.17, 15) is 27.2 Å². The van der Waals surface area contributed by atoms with Gasteiger partial charge in [-0.25, -0.2) is 4.39 Å². The van der Waals surface area contributed by atoms with Crippen molar-refractivity contribution >= 4 is 11.9 Å². The number of aliphatic carboxylic acids is 1. The summed E-state index contributed by atoms with van der Waals surface area (Å²) in [7, 11) is 0. The molecule has 3 unspecified atom stereocenters. The largest absolute Gasteiger partial charge is 0.480 e. The third-order valence-corrected chi connectivity index (χ3v) is 4.42. The fraction of sp³-hybridized carbons (Fsp3) is 0.500. The van der Waals surface area contributed by atoms with Crippen LogP contribution in [0.2, 0.25) is 0 Å². The zero-order chi connectivity index (χ0) is 18.8. The van der Waals surface area contributed by atoms with Crippen LogP contribution in [-0.4, -0.2) is 53.2 Å².